The summed E-state index contributed by atoms with van der Waals surface area (Å²) in [6.45, 7) is 9.61. The minimum atomic E-state index is 0.473. The van der Waals surface area contributed by atoms with E-state index in [-0.39, 0.29) is 0 Å². The minimum absolute atomic E-state index is 0.473. The number of hydrogen-bond acceptors (Lipinski definition) is 1. The highest BCUT2D eigenvalue weighted by molar-refractivity contribution is 4.94. The van der Waals surface area contributed by atoms with Crippen molar-refractivity contribution in [2.75, 3.05) is 0 Å². The number of hydrogen-bond donors (Lipinski definition) is 1. The summed E-state index contributed by atoms with van der Waals surface area (Å²) >= 11 is 0. The molecule has 0 aliphatic heterocycles. The third kappa shape index (κ3) is 1.98. The lowest BCUT2D eigenvalue weighted by atomic mass is 9.56. The fourth-order valence-corrected chi connectivity index (χ4v) is 2.98. The predicted molar refractivity (Wildman–Crippen MR) is 63.2 cm³/mol. The maximum atomic E-state index is 5.98. The Morgan fingerprint density at radius 3 is 2.00 bits per heavy atom. The third-order valence-corrected chi connectivity index (χ3v) is 5.15. The Hall–Kier alpha value is -0.0400. The summed E-state index contributed by atoms with van der Waals surface area (Å²) in [4.78, 5) is 0. The van der Waals surface area contributed by atoms with Crippen LogP contribution in [-0.4, -0.2) is 6.04 Å². The molecule has 0 unspecified atom stereocenters. The van der Waals surface area contributed by atoms with Gasteiger partial charge in [-0.05, 0) is 36.5 Å². The Bertz CT molecular complexity index is 174. The van der Waals surface area contributed by atoms with Gasteiger partial charge in [0.1, 0.15) is 0 Å². The molecule has 1 nitrogen and oxygen atoms in total. The van der Waals surface area contributed by atoms with Crippen LogP contribution < -0.4 is 5.73 Å². The quantitative estimate of drug-likeness (QED) is 0.733. The van der Waals surface area contributed by atoms with E-state index in [2.05, 4.69) is 27.7 Å². The SMILES string of the molecule is CCC(C)(CC)C1(C)CCC(N)CC1. The van der Waals surface area contributed by atoms with Crippen LogP contribution in [0.1, 0.15) is 66.2 Å². The number of nitrogens with two attached hydrogens (primary N) is 1. The number of rotatable bonds is 3. The van der Waals surface area contributed by atoms with Crippen LogP contribution in [0.3, 0.4) is 0 Å². The first kappa shape index (κ1) is 12.0. The molecule has 1 fully saturated rings. The van der Waals surface area contributed by atoms with Gasteiger partial charge in [0.2, 0.25) is 0 Å². The van der Waals surface area contributed by atoms with Gasteiger partial charge in [0.05, 0.1) is 0 Å². The molecule has 0 aromatic rings. The fraction of sp³-hybridized carbons (Fsp3) is 1.00. The maximum absolute atomic E-state index is 5.98. The molecule has 1 heteroatoms. The lowest BCUT2D eigenvalue weighted by Gasteiger charge is -2.49. The van der Waals surface area contributed by atoms with Crippen molar-refractivity contribution in [3.8, 4) is 0 Å². The van der Waals surface area contributed by atoms with Crippen molar-refractivity contribution in [3.63, 3.8) is 0 Å². The second kappa shape index (κ2) is 4.22. The Morgan fingerprint density at radius 1 is 1.21 bits per heavy atom. The van der Waals surface area contributed by atoms with Crippen LogP contribution in [0.15, 0.2) is 0 Å². The van der Waals surface area contributed by atoms with Crippen LogP contribution in [0, 0.1) is 10.8 Å². The Balaban J connectivity index is 2.73. The van der Waals surface area contributed by atoms with Crippen LogP contribution in [0.2, 0.25) is 0 Å². The van der Waals surface area contributed by atoms with Crippen molar-refractivity contribution < 1.29 is 0 Å². The third-order valence-electron chi connectivity index (χ3n) is 5.15. The molecule has 1 aliphatic rings. The van der Waals surface area contributed by atoms with Gasteiger partial charge in [-0.1, -0.05) is 40.5 Å². The highest BCUT2D eigenvalue weighted by Gasteiger charge is 2.43. The molecule has 0 bridgehead atoms. The smallest absolute Gasteiger partial charge is 0.00392 e. The lowest BCUT2D eigenvalue weighted by Crippen LogP contribution is -2.42. The molecule has 0 saturated heterocycles. The van der Waals surface area contributed by atoms with E-state index in [1.54, 1.807) is 0 Å². The standard InChI is InChI=1S/C13H27N/c1-5-12(3,6-2)13(4)9-7-11(14)8-10-13/h11H,5-10,14H2,1-4H3. The molecular formula is C13H27N. The molecular weight excluding hydrogens is 170 g/mol. The summed E-state index contributed by atoms with van der Waals surface area (Å²) < 4.78 is 0. The average molecular weight is 197 g/mol. The van der Waals surface area contributed by atoms with Gasteiger partial charge in [-0.15, -0.1) is 0 Å². The van der Waals surface area contributed by atoms with Gasteiger partial charge < -0.3 is 5.73 Å². The van der Waals surface area contributed by atoms with E-state index < -0.39 is 0 Å². The van der Waals surface area contributed by atoms with Gasteiger partial charge in [-0.25, -0.2) is 0 Å². The van der Waals surface area contributed by atoms with Gasteiger partial charge in [0.15, 0.2) is 0 Å². The molecule has 14 heavy (non-hydrogen) atoms. The monoisotopic (exact) mass is 197 g/mol. The normalized spacial score (nSPS) is 34.5. The van der Waals surface area contributed by atoms with Crippen LogP contribution in [-0.2, 0) is 0 Å². The summed E-state index contributed by atoms with van der Waals surface area (Å²) in [7, 11) is 0. The van der Waals surface area contributed by atoms with Crippen LogP contribution >= 0.6 is 0 Å². The molecule has 1 aliphatic carbocycles. The average Bonchev–Trinajstić information content (AvgIpc) is 2.21. The first-order chi connectivity index (χ1) is 6.47. The first-order valence-electron chi connectivity index (χ1n) is 6.23. The van der Waals surface area contributed by atoms with E-state index in [1.807, 2.05) is 0 Å². The summed E-state index contributed by atoms with van der Waals surface area (Å²) in [5.41, 5.74) is 7.04. The Kier molecular flexibility index (Phi) is 3.63. The zero-order chi connectivity index (χ0) is 10.8. The summed E-state index contributed by atoms with van der Waals surface area (Å²) in [5, 5.41) is 0. The second-order valence-electron chi connectivity index (χ2n) is 5.67. The lowest BCUT2D eigenvalue weighted by molar-refractivity contribution is 0.0160. The van der Waals surface area contributed by atoms with E-state index in [0.29, 0.717) is 16.9 Å². The Morgan fingerprint density at radius 2 is 1.64 bits per heavy atom. The van der Waals surface area contributed by atoms with E-state index in [0.717, 1.165) is 0 Å². The topological polar surface area (TPSA) is 26.0 Å². The van der Waals surface area contributed by atoms with Crippen molar-refractivity contribution in [3.05, 3.63) is 0 Å². The highest BCUT2D eigenvalue weighted by Crippen LogP contribution is 2.52. The van der Waals surface area contributed by atoms with Crippen molar-refractivity contribution >= 4 is 0 Å². The molecule has 1 saturated carbocycles. The van der Waals surface area contributed by atoms with Crippen LogP contribution in [0.25, 0.3) is 0 Å². The van der Waals surface area contributed by atoms with Gasteiger partial charge in [0.25, 0.3) is 0 Å². The van der Waals surface area contributed by atoms with Gasteiger partial charge in [-0.2, -0.15) is 0 Å². The van der Waals surface area contributed by atoms with Gasteiger partial charge in [-0.3, -0.25) is 0 Å². The summed E-state index contributed by atoms with van der Waals surface area (Å²) in [6.07, 6.45) is 7.71. The van der Waals surface area contributed by atoms with Crippen molar-refractivity contribution in [1.29, 1.82) is 0 Å². The van der Waals surface area contributed by atoms with Crippen molar-refractivity contribution in [2.24, 2.45) is 16.6 Å². The zero-order valence-corrected chi connectivity index (χ0v) is 10.4. The van der Waals surface area contributed by atoms with Gasteiger partial charge in [0, 0.05) is 6.04 Å². The minimum Gasteiger partial charge on any atom is -0.328 e. The first-order valence-corrected chi connectivity index (χ1v) is 6.23. The fourth-order valence-electron chi connectivity index (χ4n) is 2.98. The second-order valence-corrected chi connectivity index (χ2v) is 5.67. The van der Waals surface area contributed by atoms with E-state index in [1.165, 1.54) is 38.5 Å². The largest absolute Gasteiger partial charge is 0.328 e. The molecule has 0 radical (unpaired) electrons. The predicted octanol–water partition coefficient (Wildman–Crippen LogP) is 3.72. The molecule has 2 N–H and O–H groups in total. The molecule has 1 rings (SSSR count). The van der Waals surface area contributed by atoms with Crippen LogP contribution in [0.5, 0.6) is 0 Å². The van der Waals surface area contributed by atoms with Crippen molar-refractivity contribution in [2.45, 2.75) is 72.3 Å². The van der Waals surface area contributed by atoms with Gasteiger partial charge >= 0.3 is 0 Å². The molecule has 0 spiro atoms. The van der Waals surface area contributed by atoms with Crippen molar-refractivity contribution in [1.82, 2.24) is 0 Å². The van der Waals surface area contributed by atoms with E-state index >= 15 is 0 Å². The zero-order valence-electron chi connectivity index (χ0n) is 10.4. The molecule has 0 aromatic heterocycles. The molecule has 0 atom stereocenters. The Labute approximate surface area is 89.5 Å². The summed E-state index contributed by atoms with van der Waals surface area (Å²) in [6, 6.07) is 0.473. The molecule has 0 aromatic carbocycles. The highest BCUT2D eigenvalue weighted by atomic mass is 14.7. The molecule has 0 heterocycles. The van der Waals surface area contributed by atoms with E-state index in [4.69, 9.17) is 5.73 Å². The van der Waals surface area contributed by atoms with Crippen LogP contribution in [0.4, 0.5) is 0 Å². The molecule has 84 valence electrons. The maximum Gasteiger partial charge on any atom is 0.00392 e. The van der Waals surface area contributed by atoms with E-state index in [9.17, 15) is 0 Å². The summed E-state index contributed by atoms with van der Waals surface area (Å²) in [5.74, 6) is 0. The molecule has 0 amide bonds.